The summed E-state index contributed by atoms with van der Waals surface area (Å²) in [6, 6.07) is 22.2. The van der Waals surface area contributed by atoms with Crippen molar-refractivity contribution in [1.29, 1.82) is 0 Å². The first-order chi connectivity index (χ1) is 12.2. The molecule has 0 spiro atoms. The first-order valence-electron chi connectivity index (χ1n) is 8.63. The third-order valence-electron chi connectivity index (χ3n) is 4.27. The van der Waals surface area contributed by atoms with Gasteiger partial charge in [0.15, 0.2) is 0 Å². The van der Waals surface area contributed by atoms with E-state index in [0.29, 0.717) is 5.56 Å². The molecule has 0 aromatic heterocycles. The Balaban J connectivity index is 1.84. The lowest BCUT2D eigenvalue weighted by Gasteiger charge is -2.07. The number of hydrogen-bond donors (Lipinski definition) is 0. The maximum atomic E-state index is 14.1. The lowest BCUT2D eigenvalue weighted by atomic mass is 9.98. The van der Waals surface area contributed by atoms with Crippen LogP contribution < -0.4 is 0 Å². The molecule has 3 rings (SSSR count). The molecule has 0 radical (unpaired) electrons. The van der Waals surface area contributed by atoms with Crippen molar-refractivity contribution < 1.29 is 4.39 Å². The molecule has 0 aliphatic heterocycles. The fourth-order valence-electron chi connectivity index (χ4n) is 2.94. The summed E-state index contributed by atoms with van der Waals surface area (Å²) in [5.41, 5.74) is 6.04. The number of rotatable bonds is 4. The Morgan fingerprint density at radius 1 is 0.760 bits per heavy atom. The average Bonchev–Trinajstić information content (AvgIpc) is 2.65. The Morgan fingerprint density at radius 3 is 1.80 bits per heavy atom. The molecule has 0 N–H and O–H groups in total. The Hall–Kier alpha value is -2.85. The van der Waals surface area contributed by atoms with Gasteiger partial charge in [0, 0.05) is 0 Å². The van der Waals surface area contributed by atoms with Crippen molar-refractivity contribution in [1.82, 2.24) is 0 Å². The van der Waals surface area contributed by atoms with Gasteiger partial charge in [-0.05, 0) is 53.3 Å². The fourth-order valence-corrected chi connectivity index (χ4v) is 2.94. The zero-order chi connectivity index (χ0) is 17.6. The van der Waals surface area contributed by atoms with Gasteiger partial charge in [-0.15, -0.1) is 5.92 Å². The Kier molecular flexibility index (Phi) is 5.31. The molecule has 1 heteroatoms. The van der Waals surface area contributed by atoms with Crippen LogP contribution in [-0.2, 0) is 6.42 Å². The van der Waals surface area contributed by atoms with Crippen LogP contribution in [0.1, 0.15) is 31.4 Å². The highest BCUT2D eigenvalue weighted by Crippen LogP contribution is 2.26. The Bertz CT molecular complexity index is 907. The van der Waals surface area contributed by atoms with Crippen LogP contribution in [0.15, 0.2) is 66.7 Å². The largest absolute Gasteiger partial charge is 0.206 e. The average molecular weight is 328 g/mol. The molecule has 0 aliphatic carbocycles. The molecule has 0 saturated carbocycles. The fraction of sp³-hybridized carbons (Fsp3) is 0.167. The van der Waals surface area contributed by atoms with E-state index in [9.17, 15) is 4.39 Å². The van der Waals surface area contributed by atoms with Crippen LogP contribution in [0, 0.1) is 17.7 Å². The molecule has 0 heterocycles. The molecule has 124 valence electrons. The van der Waals surface area contributed by atoms with Gasteiger partial charge < -0.3 is 0 Å². The molecule has 0 fully saturated rings. The molecule has 0 atom stereocenters. The zero-order valence-electron chi connectivity index (χ0n) is 14.6. The second-order valence-electron chi connectivity index (χ2n) is 6.09. The number of aryl methyl sites for hydroxylation is 1. The van der Waals surface area contributed by atoms with Crippen LogP contribution in [0.25, 0.3) is 22.3 Å². The summed E-state index contributed by atoms with van der Waals surface area (Å²) in [6.07, 6.45) is 2.27. The van der Waals surface area contributed by atoms with Crippen LogP contribution >= 0.6 is 0 Å². The van der Waals surface area contributed by atoms with Gasteiger partial charge in [0.2, 0.25) is 0 Å². The molecule has 0 aliphatic rings. The van der Waals surface area contributed by atoms with E-state index in [1.54, 1.807) is 19.1 Å². The standard InChI is InChI=1S/C24H21F/c1-3-5-18-7-9-19(10-8-18)20-11-13-21(14-12-20)23-16-15-22(6-4-2)24(25)17-23/h7-17H,3,5H2,1-2H3. The van der Waals surface area contributed by atoms with Crippen LogP contribution in [0.3, 0.4) is 0 Å². The molecule has 3 aromatic rings. The third-order valence-corrected chi connectivity index (χ3v) is 4.27. The molecule has 25 heavy (non-hydrogen) atoms. The quantitative estimate of drug-likeness (QED) is 0.481. The van der Waals surface area contributed by atoms with Crippen molar-refractivity contribution >= 4 is 0 Å². The van der Waals surface area contributed by atoms with Gasteiger partial charge in [0.05, 0.1) is 5.56 Å². The Labute approximate surface area is 149 Å². The van der Waals surface area contributed by atoms with E-state index < -0.39 is 0 Å². The smallest absolute Gasteiger partial charge is 0.139 e. The normalized spacial score (nSPS) is 10.2. The first-order valence-corrected chi connectivity index (χ1v) is 8.63. The summed E-state index contributed by atoms with van der Waals surface area (Å²) in [5.74, 6) is 5.23. The second kappa shape index (κ2) is 7.81. The SMILES string of the molecule is CC#Cc1ccc(-c2ccc(-c3ccc(CCC)cc3)cc2)cc1F. The van der Waals surface area contributed by atoms with Gasteiger partial charge in [0.25, 0.3) is 0 Å². The summed E-state index contributed by atoms with van der Waals surface area (Å²) >= 11 is 0. The summed E-state index contributed by atoms with van der Waals surface area (Å²) in [6.45, 7) is 3.90. The number of benzene rings is 3. The van der Waals surface area contributed by atoms with Crippen molar-refractivity contribution in [3.05, 3.63) is 83.7 Å². The predicted octanol–water partition coefficient (Wildman–Crippen LogP) is 6.48. The van der Waals surface area contributed by atoms with E-state index in [0.717, 1.165) is 24.0 Å². The van der Waals surface area contributed by atoms with Gasteiger partial charge in [-0.1, -0.05) is 73.9 Å². The molecular formula is C24H21F. The van der Waals surface area contributed by atoms with E-state index in [4.69, 9.17) is 0 Å². The molecule has 0 unspecified atom stereocenters. The minimum Gasteiger partial charge on any atom is -0.206 e. The number of hydrogen-bond acceptors (Lipinski definition) is 0. The van der Waals surface area contributed by atoms with Crippen LogP contribution in [0.4, 0.5) is 4.39 Å². The minimum absolute atomic E-state index is 0.276. The van der Waals surface area contributed by atoms with Gasteiger partial charge in [0.1, 0.15) is 5.82 Å². The topological polar surface area (TPSA) is 0 Å². The maximum absolute atomic E-state index is 14.1. The monoisotopic (exact) mass is 328 g/mol. The van der Waals surface area contributed by atoms with E-state index in [1.165, 1.54) is 16.7 Å². The minimum atomic E-state index is -0.276. The van der Waals surface area contributed by atoms with Crippen LogP contribution in [0.5, 0.6) is 0 Å². The highest BCUT2D eigenvalue weighted by Gasteiger charge is 2.05. The number of halogens is 1. The lowest BCUT2D eigenvalue weighted by molar-refractivity contribution is 0.625. The molecule has 0 saturated heterocycles. The Morgan fingerprint density at radius 2 is 1.28 bits per heavy atom. The van der Waals surface area contributed by atoms with Gasteiger partial charge in [-0.25, -0.2) is 4.39 Å². The van der Waals surface area contributed by atoms with Crippen LogP contribution in [0.2, 0.25) is 0 Å². The van der Waals surface area contributed by atoms with Gasteiger partial charge in [-0.3, -0.25) is 0 Å². The summed E-state index contributed by atoms with van der Waals surface area (Å²) < 4.78 is 14.1. The van der Waals surface area contributed by atoms with Crippen molar-refractivity contribution in [2.75, 3.05) is 0 Å². The van der Waals surface area contributed by atoms with E-state index in [1.807, 2.05) is 18.2 Å². The summed E-state index contributed by atoms with van der Waals surface area (Å²) in [4.78, 5) is 0. The molecule has 0 bridgehead atoms. The van der Waals surface area contributed by atoms with E-state index in [-0.39, 0.29) is 5.82 Å². The highest BCUT2D eigenvalue weighted by atomic mass is 19.1. The van der Waals surface area contributed by atoms with Crippen molar-refractivity contribution in [2.45, 2.75) is 26.7 Å². The highest BCUT2D eigenvalue weighted by molar-refractivity contribution is 5.71. The predicted molar refractivity (Wildman–Crippen MR) is 104 cm³/mol. The van der Waals surface area contributed by atoms with E-state index in [2.05, 4.69) is 55.2 Å². The molecule has 3 aromatic carbocycles. The van der Waals surface area contributed by atoms with Gasteiger partial charge >= 0.3 is 0 Å². The van der Waals surface area contributed by atoms with Crippen molar-refractivity contribution in [2.24, 2.45) is 0 Å². The summed E-state index contributed by atoms with van der Waals surface area (Å²) in [5, 5.41) is 0. The zero-order valence-corrected chi connectivity index (χ0v) is 14.6. The maximum Gasteiger partial charge on any atom is 0.139 e. The molecule has 0 nitrogen and oxygen atoms in total. The van der Waals surface area contributed by atoms with Gasteiger partial charge in [-0.2, -0.15) is 0 Å². The van der Waals surface area contributed by atoms with Crippen molar-refractivity contribution in [3.63, 3.8) is 0 Å². The second-order valence-corrected chi connectivity index (χ2v) is 6.09. The van der Waals surface area contributed by atoms with Crippen LogP contribution in [-0.4, -0.2) is 0 Å². The first kappa shape index (κ1) is 17.0. The lowest BCUT2D eigenvalue weighted by Crippen LogP contribution is -1.87. The van der Waals surface area contributed by atoms with Crippen molar-refractivity contribution in [3.8, 4) is 34.1 Å². The van der Waals surface area contributed by atoms with E-state index >= 15 is 0 Å². The third kappa shape index (κ3) is 3.98. The summed E-state index contributed by atoms with van der Waals surface area (Å²) in [7, 11) is 0. The molecular weight excluding hydrogens is 307 g/mol. The molecule has 0 amide bonds.